The summed E-state index contributed by atoms with van der Waals surface area (Å²) in [7, 11) is 0. The summed E-state index contributed by atoms with van der Waals surface area (Å²) in [5, 5.41) is 8.72. The zero-order valence-corrected chi connectivity index (χ0v) is 17.5. The molecule has 0 aliphatic rings. The molecule has 0 aliphatic carbocycles. The van der Waals surface area contributed by atoms with Crippen LogP contribution in [0.3, 0.4) is 0 Å². The van der Waals surface area contributed by atoms with Crippen molar-refractivity contribution >= 4 is 29.2 Å². The molecule has 0 atom stereocenters. The van der Waals surface area contributed by atoms with E-state index in [1.54, 1.807) is 4.52 Å². The first kappa shape index (κ1) is 24.2. The topological polar surface area (TPSA) is 108 Å². The van der Waals surface area contributed by atoms with Gasteiger partial charge in [0.15, 0.2) is 11.5 Å². The number of aromatic amines is 1. The smallest absolute Gasteiger partial charge is 0.368 e. The normalized spacial score (nSPS) is 10.9. The fourth-order valence-corrected chi connectivity index (χ4v) is 3.17. The SMILES string of the molecule is CCNc1c(-c2ccc(C(F)(F)F)cc2)nc2c(C(=O)Nc3ccc(F)cc3)c[nH]n12.O=C=O. The predicted octanol–water partition coefficient (Wildman–Crippen LogP) is 4.59. The third-order valence-electron chi connectivity index (χ3n) is 4.63. The lowest BCUT2D eigenvalue weighted by Crippen LogP contribution is -2.11. The first-order valence-electron chi connectivity index (χ1n) is 9.77. The van der Waals surface area contributed by atoms with Crippen molar-refractivity contribution < 1.29 is 31.9 Å². The van der Waals surface area contributed by atoms with Crippen molar-refractivity contribution in [3.05, 3.63) is 71.7 Å². The number of amides is 1. The Morgan fingerprint density at radius 2 is 1.71 bits per heavy atom. The molecule has 12 heteroatoms. The number of rotatable bonds is 5. The standard InChI is InChI=1S/C21H17F4N5O.CO2/c1-2-26-19-17(12-3-5-13(6-4-12)21(23,24)25)29-18-16(11-27-30(18)19)20(31)28-15-9-7-14(22)8-10-15;2-1-3/h3-11,26-27H,2H2,1H3,(H,28,31);. The van der Waals surface area contributed by atoms with Gasteiger partial charge in [-0.15, -0.1) is 0 Å². The Kier molecular flexibility index (Phi) is 7.12. The van der Waals surface area contributed by atoms with Gasteiger partial charge in [0.05, 0.1) is 5.56 Å². The summed E-state index contributed by atoms with van der Waals surface area (Å²) in [5.41, 5.74) is 1.04. The number of halogens is 4. The average molecular weight is 475 g/mol. The van der Waals surface area contributed by atoms with E-state index in [2.05, 4.69) is 20.7 Å². The minimum Gasteiger partial charge on any atom is -0.368 e. The summed E-state index contributed by atoms with van der Waals surface area (Å²) in [6.45, 7) is 2.39. The number of carbonyl (C=O) groups is 1. The van der Waals surface area contributed by atoms with E-state index in [4.69, 9.17) is 9.59 Å². The number of benzene rings is 2. The maximum atomic E-state index is 13.1. The maximum Gasteiger partial charge on any atom is 0.416 e. The minimum absolute atomic E-state index is 0.224. The molecule has 2 heterocycles. The van der Waals surface area contributed by atoms with E-state index >= 15 is 0 Å². The van der Waals surface area contributed by atoms with Crippen LogP contribution < -0.4 is 10.6 Å². The van der Waals surface area contributed by atoms with Crippen LogP contribution in [0.2, 0.25) is 0 Å². The van der Waals surface area contributed by atoms with E-state index in [-0.39, 0.29) is 11.7 Å². The second-order valence-electron chi connectivity index (χ2n) is 6.80. The Labute approximate surface area is 189 Å². The van der Waals surface area contributed by atoms with Crippen LogP contribution in [-0.2, 0) is 15.8 Å². The molecule has 176 valence electrons. The largest absolute Gasteiger partial charge is 0.416 e. The number of carbonyl (C=O) groups excluding carboxylic acids is 3. The Hall–Kier alpha value is -4.44. The van der Waals surface area contributed by atoms with Gasteiger partial charge >= 0.3 is 12.3 Å². The number of hydrogen-bond donors (Lipinski definition) is 3. The molecule has 0 saturated heterocycles. The molecule has 1 amide bonds. The molecule has 0 aliphatic heterocycles. The zero-order valence-electron chi connectivity index (χ0n) is 17.5. The van der Waals surface area contributed by atoms with Crippen LogP contribution in [0.25, 0.3) is 16.9 Å². The molecular formula is C22H17F4N5O3. The molecule has 0 spiro atoms. The lowest BCUT2D eigenvalue weighted by molar-refractivity contribution is -0.191. The Morgan fingerprint density at radius 3 is 2.26 bits per heavy atom. The summed E-state index contributed by atoms with van der Waals surface area (Å²) < 4.78 is 53.3. The third-order valence-corrected chi connectivity index (χ3v) is 4.63. The lowest BCUT2D eigenvalue weighted by Gasteiger charge is -2.08. The maximum absolute atomic E-state index is 13.1. The Bertz CT molecular complexity index is 1320. The first-order chi connectivity index (χ1) is 16.2. The minimum atomic E-state index is -4.44. The third kappa shape index (κ3) is 5.13. The zero-order chi connectivity index (χ0) is 24.9. The fourth-order valence-electron chi connectivity index (χ4n) is 3.17. The molecule has 0 unspecified atom stereocenters. The van der Waals surface area contributed by atoms with Crippen LogP contribution in [0.15, 0.2) is 54.7 Å². The van der Waals surface area contributed by atoms with Crippen LogP contribution in [0.1, 0.15) is 22.8 Å². The molecule has 2 aromatic heterocycles. The number of alkyl halides is 3. The van der Waals surface area contributed by atoms with Crippen molar-refractivity contribution in [3.8, 4) is 11.3 Å². The molecular weight excluding hydrogens is 458 g/mol. The van der Waals surface area contributed by atoms with E-state index < -0.39 is 23.5 Å². The number of H-pyrrole nitrogens is 1. The van der Waals surface area contributed by atoms with Crippen LogP contribution in [0.5, 0.6) is 0 Å². The Balaban J connectivity index is 0.00000103. The van der Waals surface area contributed by atoms with E-state index in [0.717, 1.165) is 12.1 Å². The predicted molar refractivity (Wildman–Crippen MR) is 114 cm³/mol. The molecule has 4 rings (SSSR count). The highest BCUT2D eigenvalue weighted by molar-refractivity contribution is 6.08. The van der Waals surface area contributed by atoms with Crippen LogP contribution in [0, 0.1) is 5.82 Å². The highest BCUT2D eigenvalue weighted by Gasteiger charge is 2.30. The fraction of sp³-hybridized carbons (Fsp3) is 0.136. The van der Waals surface area contributed by atoms with Gasteiger partial charge in [-0.1, -0.05) is 12.1 Å². The van der Waals surface area contributed by atoms with Gasteiger partial charge < -0.3 is 10.6 Å². The molecule has 4 aromatic rings. The van der Waals surface area contributed by atoms with Crippen molar-refractivity contribution in [1.82, 2.24) is 14.6 Å². The second-order valence-corrected chi connectivity index (χ2v) is 6.80. The molecule has 0 bridgehead atoms. The Morgan fingerprint density at radius 1 is 1.09 bits per heavy atom. The van der Waals surface area contributed by atoms with Gasteiger partial charge in [-0.3, -0.25) is 9.89 Å². The van der Waals surface area contributed by atoms with Crippen LogP contribution in [0.4, 0.5) is 29.1 Å². The molecule has 0 radical (unpaired) electrons. The summed E-state index contributed by atoms with van der Waals surface area (Å²) in [5.74, 6) is -0.380. The molecule has 8 nitrogen and oxygen atoms in total. The number of nitrogens with zero attached hydrogens (tertiary/aromatic N) is 2. The van der Waals surface area contributed by atoms with Crippen molar-refractivity contribution in [2.24, 2.45) is 0 Å². The van der Waals surface area contributed by atoms with Crippen LogP contribution in [-0.4, -0.2) is 33.2 Å². The number of hydrogen-bond acceptors (Lipinski definition) is 5. The van der Waals surface area contributed by atoms with Gasteiger partial charge in [-0.2, -0.15) is 22.8 Å². The van der Waals surface area contributed by atoms with Crippen LogP contribution >= 0.6 is 0 Å². The number of imidazole rings is 1. The van der Waals surface area contributed by atoms with Gasteiger partial charge in [0.2, 0.25) is 0 Å². The summed E-state index contributed by atoms with van der Waals surface area (Å²) in [6, 6.07) is 9.96. The summed E-state index contributed by atoms with van der Waals surface area (Å²) in [6.07, 6.45) is -2.71. The highest BCUT2D eigenvalue weighted by Crippen LogP contribution is 2.34. The van der Waals surface area contributed by atoms with Gasteiger partial charge in [-0.05, 0) is 43.3 Å². The molecule has 0 fully saturated rings. The van der Waals surface area contributed by atoms with Gasteiger partial charge in [0, 0.05) is 24.0 Å². The van der Waals surface area contributed by atoms with E-state index in [0.29, 0.717) is 35.0 Å². The second kappa shape index (κ2) is 10.0. The van der Waals surface area contributed by atoms with Crippen molar-refractivity contribution in [3.63, 3.8) is 0 Å². The highest BCUT2D eigenvalue weighted by atomic mass is 19.4. The molecule has 0 saturated carbocycles. The van der Waals surface area contributed by atoms with E-state index in [1.807, 2.05) is 6.92 Å². The van der Waals surface area contributed by atoms with Gasteiger partial charge in [0.1, 0.15) is 17.1 Å². The molecule has 34 heavy (non-hydrogen) atoms. The first-order valence-corrected chi connectivity index (χ1v) is 9.77. The number of nitrogens with one attached hydrogen (secondary N) is 3. The summed E-state index contributed by atoms with van der Waals surface area (Å²) >= 11 is 0. The van der Waals surface area contributed by atoms with Gasteiger partial charge in [-0.25, -0.2) is 13.9 Å². The number of aromatic nitrogens is 3. The van der Waals surface area contributed by atoms with E-state index in [9.17, 15) is 22.4 Å². The number of fused-ring (bicyclic) bond motifs is 1. The van der Waals surface area contributed by atoms with E-state index in [1.165, 1.54) is 42.6 Å². The molecule has 3 N–H and O–H groups in total. The van der Waals surface area contributed by atoms with Crippen molar-refractivity contribution in [1.29, 1.82) is 0 Å². The quantitative estimate of drug-likeness (QED) is 0.366. The van der Waals surface area contributed by atoms with Gasteiger partial charge in [0.25, 0.3) is 5.91 Å². The lowest BCUT2D eigenvalue weighted by atomic mass is 10.1. The van der Waals surface area contributed by atoms with Crippen molar-refractivity contribution in [2.45, 2.75) is 13.1 Å². The average Bonchev–Trinajstić information content (AvgIpc) is 3.36. The number of anilines is 2. The van der Waals surface area contributed by atoms with Crippen molar-refractivity contribution in [2.75, 3.05) is 17.2 Å². The summed E-state index contributed by atoms with van der Waals surface area (Å²) in [4.78, 5) is 33.5. The monoisotopic (exact) mass is 475 g/mol. The molecule has 2 aromatic carbocycles.